The number of halogens is 1. The number of nitrogens with one attached hydrogen (secondary N) is 2. The third-order valence-corrected chi connectivity index (χ3v) is 6.32. The highest BCUT2D eigenvalue weighted by Crippen LogP contribution is 2.29. The van der Waals surface area contributed by atoms with Gasteiger partial charge in [0.15, 0.2) is 0 Å². The van der Waals surface area contributed by atoms with E-state index in [1.165, 1.54) is 38.5 Å². The van der Waals surface area contributed by atoms with Crippen molar-refractivity contribution in [1.82, 2.24) is 10.3 Å². The fourth-order valence-corrected chi connectivity index (χ4v) is 4.38. The molecule has 0 unspecified atom stereocenters. The Morgan fingerprint density at radius 3 is 2.38 bits per heavy atom. The first-order valence-corrected chi connectivity index (χ1v) is 10.5. The molecule has 1 heterocycles. The molecule has 7 nitrogen and oxygen atoms in total. The predicted molar refractivity (Wildman–Crippen MR) is 107 cm³/mol. The van der Waals surface area contributed by atoms with Gasteiger partial charge in [-0.1, -0.05) is 12.1 Å². The normalized spacial score (nSPS) is 11.1. The van der Waals surface area contributed by atoms with Crippen molar-refractivity contribution in [1.29, 1.82) is 0 Å². The van der Waals surface area contributed by atoms with Crippen molar-refractivity contribution in [2.24, 2.45) is 0 Å². The molecule has 2 aromatic carbocycles. The van der Waals surface area contributed by atoms with Crippen LogP contribution >= 0.6 is 11.3 Å². The quantitative estimate of drug-likeness (QED) is 0.555. The monoisotopic (exact) mass is 436 g/mol. The molecule has 152 valence electrons. The fraction of sp³-hybridized carbons (Fsp3) is 0.105. The van der Waals surface area contributed by atoms with E-state index in [0.717, 1.165) is 21.8 Å². The van der Waals surface area contributed by atoms with Crippen LogP contribution in [0.1, 0.15) is 9.67 Å². The number of ether oxygens (including phenoxy) is 2. The molecule has 0 spiro atoms. The second kappa shape index (κ2) is 8.60. The average molecular weight is 436 g/mol. The van der Waals surface area contributed by atoms with Gasteiger partial charge in [-0.3, -0.25) is 10.2 Å². The van der Waals surface area contributed by atoms with E-state index in [4.69, 9.17) is 9.47 Å². The summed E-state index contributed by atoms with van der Waals surface area (Å²) in [6.07, 6.45) is 0. The van der Waals surface area contributed by atoms with Gasteiger partial charge in [0.2, 0.25) is 0 Å². The smallest absolute Gasteiger partial charge is 0.276 e. The lowest BCUT2D eigenvalue weighted by molar-refractivity contribution is 0.0949. The summed E-state index contributed by atoms with van der Waals surface area (Å²) in [5, 5.41) is 0. The van der Waals surface area contributed by atoms with Gasteiger partial charge in [0.1, 0.15) is 22.2 Å². The van der Waals surface area contributed by atoms with Crippen LogP contribution in [0.5, 0.6) is 11.5 Å². The second-order valence-corrected chi connectivity index (χ2v) is 8.48. The molecule has 0 aliphatic rings. The summed E-state index contributed by atoms with van der Waals surface area (Å²) in [6.45, 7) is 0. The van der Waals surface area contributed by atoms with Crippen molar-refractivity contribution in [3.05, 3.63) is 65.3 Å². The van der Waals surface area contributed by atoms with Crippen LogP contribution in [0.3, 0.4) is 0 Å². The van der Waals surface area contributed by atoms with Crippen molar-refractivity contribution in [2.75, 3.05) is 14.2 Å². The maximum absolute atomic E-state index is 13.0. The van der Waals surface area contributed by atoms with E-state index in [9.17, 15) is 17.6 Å². The molecule has 10 heteroatoms. The summed E-state index contributed by atoms with van der Waals surface area (Å²) >= 11 is 1.15. The van der Waals surface area contributed by atoms with Gasteiger partial charge in [0.05, 0.1) is 19.1 Å². The Morgan fingerprint density at radius 1 is 1.00 bits per heavy atom. The molecule has 0 saturated carbocycles. The standard InChI is InChI=1S/C19H17FN2O5S2/c1-26-14-7-8-15(27-2)18(11-14)29(24,25)22-21-19(23)17-10-9-16(28-17)12-3-5-13(20)6-4-12/h3-11,22H,1-2H3,(H,21,23). The summed E-state index contributed by atoms with van der Waals surface area (Å²) < 4.78 is 48.3. The third-order valence-electron chi connectivity index (χ3n) is 3.92. The zero-order valence-electron chi connectivity index (χ0n) is 15.4. The molecule has 0 atom stereocenters. The van der Waals surface area contributed by atoms with Gasteiger partial charge >= 0.3 is 0 Å². The lowest BCUT2D eigenvalue weighted by Crippen LogP contribution is -2.41. The van der Waals surface area contributed by atoms with Gasteiger partial charge in [-0.25, -0.2) is 12.8 Å². The summed E-state index contributed by atoms with van der Waals surface area (Å²) in [6, 6.07) is 13.4. The lowest BCUT2D eigenvalue weighted by atomic mass is 10.2. The highest BCUT2D eigenvalue weighted by Gasteiger charge is 2.22. The van der Waals surface area contributed by atoms with Crippen molar-refractivity contribution in [3.8, 4) is 21.9 Å². The minimum atomic E-state index is -4.11. The van der Waals surface area contributed by atoms with E-state index in [1.807, 2.05) is 0 Å². The summed E-state index contributed by atoms with van der Waals surface area (Å²) in [4.78, 5) is 15.2. The maximum atomic E-state index is 13.0. The van der Waals surface area contributed by atoms with Gasteiger partial charge in [0, 0.05) is 10.9 Å². The molecule has 3 rings (SSSR count). The van der Waals surface area contributed by atoms with Gasteiger partial charge in [-0.05, 0) is 42.0 Å². The van der Waals surface area contributed by atoms with Crippen LogP contribution in [0, 0.1) is 5.82 Å². The minimum absolute atomic E-state index is 0.0993. The van der Waals surface area contributed by atoms with Crippen molar-refractivity contribution in [2.45, 2.75) is 4.90 Å². The van der Waals surface area contributed by atoms with Crippen LogP contribution in [0.15, 0.2) is 59.5 Å². The summed E-state index contributed by atoms with van der Waals surface area (Å²) in [5.41, 5.74) is 2.92. The zero-order chi connectivity index (χ0) is 21.0. The number of carbonyl (C=O) groups is 1. The molecule has 1 aromatic heterocycles. The lowest BCUT2D eigenvalue weighted by Gasteiger charge is -2.12. The molecule has 0 radical (unpaired) electrons. The Balaban J connectivity index is 1.74. The van der Waals surface area contributed by atoms with Crippen molar-refractivity contribution in [3.63, 3.8) is 0 Å². The molecule has 2 N–H and O–H groups in total. The van der Waals surface area contributed by atoms with E-state index in [1.54, 1.807) is 30.3 Å². The number of hydrazine groups is 1. The Morgan fingerprint density at radius 2 is 1.72 bits per heavy atom. The Kier molecular flexibility index (Phi) is 6.16. The summed E-state index contributed by atoms with van der Waals surface area (Å²) in [5.74, 6) is -0.568. The van der Waals surface area contributed by atoms with E-state index < -0.39 is 15.9 Å². The van der Waals surface area contributed by atoms with Gasteiger partial charge in [0.25, 0.3) is 15.9 Å². The largest absolute Gasteiger partial charge is 0.497 e. The highest BCUT2D eigenvalue weighted by molar-refractivity contribution is 7.89. The van der Waals surface area contributed by atoms with Crippen molar-refractivity contribution < 1.29 is 27.1 Å². The first-order chi connectivity index (χ1) is 13.8. The molecule has 1 amide bonds. The number of methoxy groups -OCH3 is 2. The van der Waals surface area contributed by atoms with E-state index in [0.29, 0.717) is 5.75 Å². The van der Waals surface area contributed by atoms with E-state index in [2.05, 4.69) is 10.3 Å². The number of hydrogen-bond donors (Lipinski definition) is 2. The molecule has 0 fully saturated rings. The zero-order valence-corrected chi connectivity index (χ0v) is 17.1. The topological polar surface area (TPSA) is 93.7 Å². The van der Waals surface area contributed by atoms with Crippen LogP contribution in [-0.2, 0) is 10.0 Å². The van der Waals surface area contributed by atoms with E-state index >= 15 is 0 Å². The first kappa shape index (κ1) is 20.8. The molecule has 0 bridgehead atoms. The molecule has 0 aliphatic carbocycles. The summed E-state index contributed by atoms with van der Waals surface area (Å²) in [7, 11) is -1.37. The number of carbonyl (C=O) groups excluding carboxylic acids is 1. The van der Waals surface area contributed by atoms with Crippen molar-refractivity contribution >= 4 is 27.3 Å². The minimum Gasteiger partial charge on any atom is -0.497 e. The molecular formula is C19H17FN2O5S2. The maximum Gasteiger partial charge on any atom is 0.276 e. The first-order valence-electron chi connectivity index (χ1n) is 8.24. The Bertz CT molecular complexity index is 1130. The van der Waals surface area contributed by atoms with Crippen LogP contribution < -0.4 is 19.7 Å². The van der Waals surface area contributed by atoms with Crippen LogP contribution in [0.25, 0.3) is 10.4 Å². The Labute approximate surface area is 171 Å². The van der Waals surface area contributed by atoms with Gasteiger partial charge < -0.3 is 9.47 Å². The molecule has 29 heavy (non-hydrogen) atoms. The van der Waals surface area contributed by atoms with Gasteiger partial charge in [-0.15, -0.1) is 16.2 Å². The predicted octanol–water partition coefficient (Wildman–Crippen LogP) is 3.19. The second-order valence-electron chi connectivity index (χ2n) is 5.75. The number of benzene rings is 2. The number of sulfonamides is 1. The van der Waals surface area contributed by atoms with Gasteiger partial charge in [-0.2, -0.15) is 0 Å². The third kappa shape index (κ3) is 4.73. The average Bonchev–Trinajstić information content (AvgIpc) is 3.22. The number of rotatable bonds is 7. The molecular weight excluding hydrogens is 419 g/mol. The molecule has 0 aliphatic heterocycles. The van der Waals surface area contributed by atoms with Crippen LogP contribution in [0.2, 0.25) is 0 Å². The fourth-order valence-electron chi connectivity index (χ4n) is 2.45. The Hall–Kier alpha value is -2.95. The number of hydrogen-bond acceptors (Lipinski definition) is 6. The van der Waals surface area contributed by atoms with Crippen LogP contribution in [-0.4, -0.2) is 28.5 Å². The number of amides is 1. The molecule has 3 aromatic rings. The molecule has 0 saturated heterocycles. The van der Waals surface area contributed by atoms with E-state index in [-0.39, 0.29) is 21.3 Å². The van der Waals surface area contributed by atoms with Crippen LogP contribution in [0.4, 0.5) is 4.39 Å². The SMILES string of the molecule is COc1ccc(OC)c(S(=O)(=O)NNC(=O)c2ccc(-c3ccc(F)cc3)s2)c1. The highest BCUT2D eigenvalue weighted by atomic mass is 32.2. The number of thiophene rings is 1.